The zero-order valence-electron chi connectivity index (χ0n) is 11.8. The highest BCUT2D eigenvalue weighted by atomic mass is 16.4. The van der Waals surface area contributed by atoms with Crippen LogP contribution in [0.25, 0.3) is 11.5 Å². The van der Waals surface area contributed by atoms with Crippen molar-refractivity contribution in [1.29, 1.82) is 0 Å². The maximum absolute atomic E-state index is 12.6. The first-order valence-corrected chi connectivity index (χ1v) is 6.83. The number of nitrogens with two attached hydrogens (primary N) is 1. The molecule has 0 bridgehead atoms. The highest BCUT2D eigenvalue weighted by molar-refractivity contribution is 6.35. The van der Waals surface area contributed by atoms with Crippen LogP contribution in [0.1, 0.15) is 20.7 Å². The summed E-state index contributed by atoms with van der Waals surface area (Å²) in [5, 5.41) is 7.44. The summed E-state index contributed by atoms with van der Waals surface area (Å²) in [5.41, 5.74) is 7.04. The van der Waals surface area contributed by atoms with Crippen molar-refractivity contribution in [2.45, 2.75) is 0 Å². The van der Waals surface area contributed by atoms with Gasteiger partial charge in [0.1, 0.15) is 0 Å². The Balaban J connectivity index is 1.87. The summed E-state index contributed by atoms with van der Waals surface area (Å²) in [4.78, 5) is 26.3. The van der Waals surface area contributed by atoms with Crippen LogP contribution in [-0.2, 0) is 0 Å². The van der Waals surface area contributed by atoms with E-state index in [1.807, 2.05) is 0 Å². The zero-order valence-corrected chi connectivity index (χ0v) is 11.8. The van der Waals surface area contributed by atoms with Crippen molar-refractivity contribution in [1.82, 2.24) is 10.2 Å². The molecule has 1 aliphatic rings. The molecule has 0 saturated carbocycles. The van der Waals surface area contributed by atoms with Gasteiger partial charge in [-0.05, 0) is 24.3 Å². The summed E-state index contributed by atoms with van der Waals surface area (Å²) in [6, 6.07) is 13.4. The van der Waals surface area contributed by atoms with E-state index in [0.29, 0.717) is 22.4 Å². The summed E-state index contributed by atoms with van der Waals surface area (Å²) in [5.74, 6) is -0.620. The lowest BCUT2D eigenvalue weighted by Gasteiger charge is -2.16. The third-order valence-electron chi connectivity index (χ3n) is 3.61. The number of benzene rings is 2. The largest absolute Gasteiger partial charge is 0.403 e. The lowest BCUT2D eigenvalue weighted by molar-refractivity contribution is 0.0926. The molecule has 7 nitrogen and oxygen atoms in total. The van der Waals surface area contributed by atoms with E-state index < -0.39 is 0 Å². The monoisotopic (exact) mass is 306 g/mol. The number of fused-ring (bicyclic) bond motifs is 1. The number of imide groups is 1. The van der Waals surface area contributed by atoms with Crippen molar-refractivity contribution >= 4 is 23.5 Å². The third kappa shape index (κ3) is 1.90. The fraction of sp³-hybridized carbons (Fsp3) is 0. The third-order valence-corrected chi connectivity index (χ3v) is 3.61. The number of carbonyl (C=O) groups excluding carboxylic acids is 2. The molecular weight excluding hydrogens is 296 g/mol. The second-order valence-electron chi connectivity index (χ2n) is 4.95. The number of aromatic nitrogens is 2. The van der Waals surface area contributed by atoms with Crippen LogP contribution >= 0.6 is 0 Å². The Bertz CT molecular complexity index is 913. The molecule has 0 aliphatic carbocycles. The molecule has 1 aromatic heterocycles. The second kappa shape index (κ2) is 4.77. The molecule has 0 atom stereocenters. The van der Waals surface area contributed by atoms with E-state index in [2.05, 4.69) is 10.2 Å². The first-order chi connectivity index (χ1) is 11.2. The average molecular weight is 306 g/mol. The van der Waals surface area contributed by atoms with Gasteiger partial charge < -0.3 is 10.2 Å². The van der Waals surface area contributed by atoms with Crippen LogP contribution in [0.5, 0.6) is 0 Å². The molecule has 2 aromatic carbocycles. The highest BCUT2D eigenvalue weighted by Gasteiger charge is 2.37. The Kier molecular flexibility index (Phi) is 2.74. The Morgan fingerprint density at radius 2 is 1.39 bits per heavy atom. The van der Waals surface area contributed by atoms with E-state index in [1.54, 1.807) is 48.5 Å². The number of anilines is 2. The smallest absolute Gasteiger partial charge is 0.313 e. The molecule has 1 aliphatic heterocycles. The summed E-state index contributed by atoms with van der Waals surface area (Å²) in [6.07, 6.45) is 0. The molecule has 2 heterocycles. The molecule has 0 radical (unpaired) electrons. The van der Waals surface area contributed by atoms with Crippen molar-refractivity contribution in [2.24, 2.45) is 0 Å². The SMILES string of the molecule is Nc1nnc(-c2ccccc2N2C(=O)c3ccccc3C2=O)o1. The van der Waals surface area contributed by atoms with Gasteiger partial charge in [-0.2, -0.15) is 0 Å². The van der Waals surface area contributed by atoms with Gasteiger partial charge in [-0.25, -0.2) is 4.90 Å². The van der Waals surface area contributed by atoms with Crippen molar-refractivity contribution in [3.8, 4) is 11.5 Å². The molecular formula is C16H10N4O3. The predicted molar refractivity (Wildman–Crippen MR) is 81.7 cm³/mol. The predicted octanol–water partition coefficient (Wildman–Crippen LogP) is 2.12. The summed E-state index contributed by atoms with van der Waals surface area (Å²) in [7, 11) is 0. The number of para-hydroxylation sites is 1. The number of amides is 2. The highest BCUT2D eigenvalue weighted by Crippen LogP contribution is 2.35. The topological polar surface area (TPSA) is 102 Å². The Morgan fingerprint density at radius 1 is 0.826 bits per heavy atom. The molecule has 2 N–H and O–H groups in total. The minimum absolute atomic E-state index is 0.0860. The number of nitrogen functional groups attached to an aromatic ring is 1. The van der Waals surface area contributed by atoms with E-state index in [9.17, 15) is 9.59 Å². The van der Waals surface area contributed by atoms with Crippen LogP contribution in [0.3, 0.4) is 0 Å². The van der Waals surface area contributed by atoms with Gasteiger partial charge in [0.25, 0.3) is 17.7 Å². The molecule has 4 rings (SSSR count). The van der Waals surface area contributed by atoms with E-state index >= 15 is 0 Å². The van der Waals surface area contributed by atoms with E-state index in [1.165, 1.54) is 0 Å². The van der Waals surface area contributed by atoms with Gasteiger partial charge in [0.2, 0.25) is 0 Å². The van der Waals surface area contributed by atoms with Gasteiger partial charge in [0, 0.05) is 0 Å². The van der Waals surface area contributed by atoms with Crippen molar-refractivity contribution in [3.63, 3.8) is 0 Å². The number of nitrogens with zero attached hydrogens (tertiary/aromatic N) is 3. The van der Waals surface area contributed by atoms with Crippen molar-refractivity contribution < 1.29 is 14.0 Å². The van der Waals surface area contributed by atoms with Gasteiger partial charge in [-0.3, -0.25) is 9.59 Å². The lowest BCUT2D eigenvalue weighted by atomic mass is 10.1. The Morgan fingerprint density at radius 3 is 1.96 bits per heavy atom. The standard InChI is InChI=1S/C16H10N4O3/c17-16-19-18-13(23-16)11-7-3-4-8-12(11)20-14(21)9-5-1-2-6-10(9)15(20)22/h1-8H,(H2,17,19). The van der Waals surface area contributed by atoms with Crippen LogP contribution in [0, 0.1) is 0 Å². The molecule has 112 valence electrons. The van der Waals surface area contributed by atoms with E-state index in [-0.39, 0.29) is 23.7 Å². The van der Waals surface area contributed by atoms with Gasteiger partial charge in [-0.1, -0.05) is 29.4 Å². The van der Waals surface area contributed by atoms with Crippen molar-refractivity contribution in [2.75, 3.05) is 10.6 Å². The molecule has 2 amide bonds. The van der Waals surface area contributed by atoms with Crippen molar-refractivity contribution in [3.05, 3.63) is 59.7 Å². The Hall–Kier alpha value is -3.48. The van der Waals surface area contributed by atoms with Crippen LogP contribution in [-0.4, -0.2) is 22.0 Å². The molecule has 23 heavy (non-hydrogen) atoms. The van der Waals surface area contributed by atoms with E-state index in [4.69, 9.17) is 10.2 Å². The normalized spacial score (nSPS) is 13.5. The van der Waals surface area contributed by atoms with Gasteiger partial charge >= 0.3 is 6.01 Å². The van der Waals surface area contributed by atoms with Gasteiger partial charge in [0.15, 0.2) is 0 Å². The summed E-state index contributed by atoms with van der Waals surface area (Å²) in [6.45, 7) is 0. The minimum atomic E-state index is -0.384. The van der Waals surface area contributed by atoms with Crippen LogP contribution in [0.15, 0.2) is 52.9 Å². The summed E-state index contributed by atoms with van der Waals surface area (Å²) < 4.78 is 5.22. The first-order valence-electron chi connectivity index (χ1n) is 6.83. The number of hydrogen-bond acceptors (Lipinski definition) is 6. The maximum atomic E-state index is 12.6. The van der Waals surface area contributed by atoms with Crippen LogP contribution < -0.4 is 10.6 Å². The molecule has 7 heteroatoms. The van der Waals surface area contributed by atoms with Gasteiger partial charge in [0.05, 0.1) is 22.4 Å². The van der Waals surface area contributed by atoms with Crippen LogP contribution in [0.4, 0.5) is 11.7 Å². The molecule has 0 spiro atoms. The zero-order chi connectivity index (χ0) is 16.0. The minimum Gasteiger partial charge on any atom is -0.403 e. The molecule has 0 saturated heterocycles. The van der Waals surface area contributed by atoms with E-state index in [0.717, 1.165) is 4.90 Å². The lowest BCUT2D eigenvalue weighted by Crippen LogP contribution is -2.29. The molecule has 0 fully saturated rings. The molecule has 0 unspecified atom stereocenters. The summed E-state index contributed by atoms with van der Waals surface area (Å²) >= 11 is 0. The maximum Gasteiger partial charge on any atom is 0.313 e. The fourth-order valence-electron chi connectivity index (χ4n) is 2.60. The number of rotatable bonds is 2. The average Bonchev–Trinajstić information content (AvgIpc) is 3.11. The van der Waals surface area contributed by atoms with Crippen LogP contribution in [0.2, 0.25) is 0 Å². The quantitative estimate of drug-likeness (QED) is 0.727. The first kappa shape index (κ1) is 13.2. The number of hydrogen-bond donors (Lipinski definition) is 1. The Labute approximate surface area is 130 Å². The fourth-order valence-corrected chi connectivity index (χ4v) is 2.60. The second-order valence-corrected chi connectivity index (χ2v) is 4.95. The number of carbonyl (C=O) groups is 2. The van der Waals surface area contributed by atoms with Gasteiger partial charge in [-0.15, -0.1) is 5.10 Å². The molecule has 3 aromatic rings.